The van der Waals surface area contributed by atoms with Gasteiger partial charge in [-0.25, -0.2) is 0 Å². The molecule has 2 heterocycles. The summed E-state index contributed by atoms with van der Waals surface area (Å²) in [6.45, 7) is 1.24. The summed E-state index contributed by atoms with van der Waals surface area (Å²) < 4.78 is 44.2. The molecule has 3 aliphatic carbocycles. The van der Waals surface area contributed by atoms with Crippen molar-refractivity contribution in [1.82, 2.24) is 19.7 Å². The lowest BCUT2D eigenvalue weighted by Gasteiger charge is -2.44. The number of halogens is 5. The number of ketones is 1. The summed E-state index contributed by atoms with van der Waals surface area (Å²) in [5.41, 5.74) is -1.60. The first-order valence-electron chi connectivity index (χ1n) is 13.3. The highest BCUT2D eigenvalue weighted by atomic mass is 35.5. The minimum absolute atomic E-state index is 0.0149. The van der Waals surface area contributed by atoms with Gasteiger partial charge in [0.25, 0.3) is 5.91 Å². The highest BCUT2D eigenvalue weighted by molar-refractivity contribution is 6.39. The molecule has 1 unspecified atom stereocenters. The first-order valence-corrected chi connectivity index (χ1v) is 14.1. The number of Topliss-reactive ketones (excluding diaryl/α,β-unsaturated/α-hetero) is 1. The molecule has 5 rings (SSSR count). The van der Waals surface area contributed by atoms with E-state index in [0.717, 1.165) is 36.6 Å². The topological polar surface area (TPSA) is 105 Å². The Morgan fingerprint density at radius 3 is 2.23 bits per heavy atom. The van der Waals surface area contributed by atoms with E-state index in [0.29, 0.717) is 0 Å². The van der Waals surface area contributed by atoms with E-state index < -0.39 is 59.6 Å². The van der Waals surface area contributed by atoms with E-state index in [1.54, 1.807) is 6.92 Å². The molecule has 40 heavy (non-hydrogen) atoms. The van der Waals surface area contributed by atoms with Gasteiger partial charge >= 0.3 is 12.1 Å². The number of alkyl halides is 3. The number of carboxylic acids is 1. The number of hydrogen-bond acceptors (Lipinski definition) is 5. The fraction of sp³-hybridized carbons (Fsp3) is 0.593. The number of carbonyl (C=O) groups excluding carboxylic acids is 2. The normalized spacial score (nSPS) is 22.9. The summed E-state index contributed by atoms with van der Waals surface area (Å²) in [6.07, 6.45) is 3.19. The maximum absolute atomic E-state index is 14.5. The number of aliphatic carboxylic acids is 1. The van der Waals surface area contributed by atoms with Crippen LogP contribution in [0.15, 0.2) is 18.6 Å². The van der Waals surface area contributed by atoms with Gasteiger partial charge in [0.1, 0.15) is 0 Å². The molecule has 8 nitrogen and oxygen atoms in total. The second-order valence-electron chi connectivity index (χ2n) is 11.4. The van der Waals surface area contributed by atoms with Crippen molar-refractivity contribution in [2.24, 2.45) is 17.3 Å². The van der Waals surface area contributed by atoms with Crippen molar-refractivity contribution in [2.45, 2.75) is 76.6 Å². The lowest BCUT2D eigenvalue weighted by atomic mass is 9.68. The fourth-order valence-electron chi connectivity index (χ4n) is 6.35. The van der Waals surface area contributed by atoms with Crippen LogP contribution in [0.25, 0.3) is 0 Å². The summed E-state index contributed by atoms with van der Waals surface area (Å²) in [4.78, 5) is 43.6. The molecule has 216 valence electrons. The van der Waals surface area contributed by atoms with Crippen molar-refractivity contribution in [3.63, 3.8) is 0 Å². The van der Waals surface area contributed by atoms with Crippen LogP contribution in [-0.2, 0) is 11.0 Å². The monoisotopic (exact) mass is 600 g/mol. The van der Waals surface area contributed by atoms with Crippen LogP contribution in [0.3, 0.4) is 0 Å². The van der Waals surface area contributed by atoms with Gasteiger partial charge in [0.15, 0.2) is 11.5 Å². The molecular weight excluding hydrogens is 572 g/mol. The molecule has 2 aromatic heterocycles. The van der Waals surface area contributed by atoms with E-state index >= 15 is 0 Å². The van der Waals surface area contributed by atoms with Crippen LogP contribution in [0.4, 0.5) is 13.2 Å². The molecule has 1 spiro atoms. The second kappa shape index (κ2) is 10.6. The van der Waals surface area contributed by atoms with E-state index in [1.807, 2.05) is 0 Å². The Labute approximate surface area is 238 Å². The molecular formula is C27H29Cl2F3N4O4. The number of nitrogens with zero attached hydrogens (tertiary/aromatic N) is 4. The molecule has 0 radical (unpaired) electrons. The van der Waals surface area contributed by atoms with Gasteiger partial charge in [-0.2, -0.15) is 18.3 Å². The van der Waals surface area contributed by atoms with E-state index in [-0.39, 0.29) is 52.6 Å². The maximum Gasteiger partial charge on any atom is 0.433 e. The Kier molecular flexibility index (Phi) is 7.67. The van der Waals surface area contributed by atoms with Crippen LogP contribution >= 0.6 is 23.2 Å². The van der Waals surface area contributed by atoms with E-state index in [2.05, 4.69) is 10.1 Å². The molecule has 3 saturated carbocycles. The Morgan fingerprint density at radius 1 is 1.10 bits per heavy atom. The van der Waals surface area contributed by atoms with Crippen LogP contribution in [0.1, 0.15) is 90.7 Å². The van der Waals surface area contributed by atoms with Gasteiger partial charge in [-0.1, -0.05) is 23.2 Å². The number of carboxylic acid groups (broad SMARTS) is 1. The molecule has 2 aromatic rings. The molecule has 3 aliphatic rings. The van der Waals surface area contributed by atoms with Crippen LogP contribution in [0.5, 0.6) is 0 Å². The molecule has 1 atom stereocenters. The summed E-state index contributed by atoms with van der Waals surface area (Å²) in [5, 5.41) is 13.2. The van der Waals surface area contributed by atoms with Gasteiger partial charge in [0, 0.05) is 18.4 Å². The minimum Gasteiger partial charge on any atom is -0.481 e. The van der Waals surface area contributed by atoms with Crippen LogP contribution in [-0.4, -0.2) is 55.0 Å². The van der Waals surface area contributed by atoms with E-state index in [4.69, 9.17) is 23.2 Å². The van der Waals surface area contributed by atoms with Crippen molar-refractivity contribution in [3.8, 4) is 0 Å². The van der Waals surface area contributed by atoms with Gasteiger partial charge < -0.3 is 10.0 Å². The Morgan fingerprint density at radius 2 is 1.70 bits per heavy atom. The zero-order chi connectivity index (χ0) is 29.0. The van der Waals surface area contributed by atoms with Crippen LogP contribution < -0.4 is 0 Å². The Balaban J connectivity index is 1.47. The fourth-order valence-corrected chi connectivity index (χ4v) is 6.92. The number of pyridine rings is 1. The number of amides is 1. The van der Waals surface area contributed by atoms with Gasteiger partial charge in [-0.05, 0) is 69.6 Å². The van der Waals surface area contributed by atoms with E-state index in [9.17, 15) is 32.7 Å². The zero-order valence-electron chi connectivity index (χ0n) is 21.8. The predicted octanol–water partition coefficient (Wildman–Crippen LogP) is 6.32. The first-order chi connectivity index (χ1) is 18.8. The van der Waals surface area contributed by atoms with Gasteiger partial charge in [0.05, 0.1) is 45.9 Å². The predicted molar refractivity (Wildman–Crippen MR) is 139 cm³/mol. The van der Waals surface area contributed by atoms with Crippen molar-refractivity contribution < 1.29 is 32.7 Å². The molecule has 13 heteroatoms. The third-order valence-electron chi connectivity index (χ3n) is 8.91. The molecule has 0 bridgehead atoms. The highest BCUT2D eigenvalue weighted by Crippen LogP contribution is 2.64. The number of hydrogen-bond donors (Lipinski definition) is 1. The van der Waals surface area contributed by atoms with Gasteiger partial charge in [-0.3, -0.25) is 24.0 Å². The Hall–Kier alpha value is -2.66. The smallest absolute Gasteiger partial charge is 0.433 e. The molecule has 1 N–H and O–H groups in total. The minimum atomic E-state index is -4.91. The third-order valence-corrected chi connectivity index (χ3v) is 9.49. The van der Waals surface area contributed by atoms with Crippen LogP contribution in [0, 0.1) is 17.3 Å². The summed E-state index contributed by atoms with van der Waals surface area (Å²) >= 11 is 12.3. The summed E-state index contributed by atoms with van der Waals surface area (Å²) in [5.74, 6) is -3.10. The average Bonchev–Trinajstić information content (AvgIpc) is 3.55. The standard InChI is InChI=1S/C27H29Cl2F3N4O4/c1-14(16-8-26(9-16)6-7-26)35(13-21(37)22-19(28)11-33-12-20(22)29)24(38)18-10-34-36(23(18)27(30,31)32)17-4-2-15(3-5-17)25(39)40/h10-12,14-17H,2-9,13H2,1H3,(H,39,40)/t14?,15-,17-. The second-order valence-corrected chi connectivity index (χ2v) is 12.3. The van der Waals surface area contributed by atoms with Gasteiger partial charge in [-0.15, -0.1) is 0 Å². The SMILES string of the molecule is CC(C1CC2(CC2)C1)N(CC(=O)c1c(Cl)cncc1Cl)C(=O)c1cnn([C@H]2CC[C@H](C(=O)O)CC2)c1C(F)(F)F. The summed E-state index contributed by atoms with van der Waals surface area (Å²) in [7, 11) is 0. The van der Waals surface area contributed by atoms with Crippen LogP contribution in [0.2, 0.25) is 10.0 Å². The summed E-state index contributed by atoms with van der Waals surface area (Å²) in [6, 6.07) is -1.21. The number of aromatic nitrogens is 3. The third kappa shape index (κ3) is 5.46. The molecule has 0 saturated heterocycles. The van der Waals surface area contributed by atoms with Crippen molar-refractivity contribution in [1.29, 1.82) is 0 Å². The Bertz CT molecular complexity index is 1310. The molecule has 0 aromatic carbocycles. The highest BCUT2D eigenvalue weighted by Gasteiger charge is 2.55. The zero-order valence-corrected chi connectivity index (χ0v) is 23.3. The molecule has 0 aliphatic heterocycles. The van der Waals surface area contributed by atoms with Crippen molar-refractivity contribution in [2.75, 3.05) is 6.54 Å². The maximum atomic E-state index is 14.5. The molecule has 1 amide bonds. The number of rotatable bonds is 8. The lowest BCUT2D eigenvalue weighted by Crippen LogP contribution is -2.49. The first kappa shape index (κ1) is 28.9. The average molecular weight is 601 g/mol. The number of carbonyl (C=O) groups is 3. The van der Waals surface area contributed by atoms with E-state index in [1.165, 1.54) is 17.3 Å². The van der Waals surface area contributed by atoms with Crippen molar-refractivity contribution >= 4 is 40.9 Å². The largest absolute Gasteiger partial charge is 0.481 e. The molecule has 3 fully saturated rings. The van der Waals surface area contributed by atoms with Gasteiger partial charge in [0.2, 0.25) is 0 Å². The lowest BCUT2D eigenvalue weighted by molar-refractivity contribution is -0.147. The van der Waals surface area contributed by atoms with Crippen molar-refractivity contribution in [3.05, 3.63) is 45.5 Å². The quantitative estimate of drug-likeness (QED) is 0.355.